The molecular formula is C19H22N2O6Si. The van der Waals surface area contributed by atoms with Gasteiger partial charge in [0.15, 0.2) is 11.5 Å². The van der Waals surface area contributed by atoms with Crippen LogP contribution in [-0.2, 0) is 9.59 Å². The van der Waals surface area contributed by atoms with Crippen LogP contribution in [0.3, 0.4) is 0 Å². The third kappa shape index (κ3) is 4.78. The molecular weight excluding hydrogens is 380 g/mol. The number of nitro benzene ring substituents is 1. The second kappa shape index (κ2) is 8.27. The third-order valence-electron chi connectivity index (χ3n) is 3.95. The smallest absolute Gasteiger partial charge is 0.278 e. The zero-order chi connectivity index (χ0) is 21.1. The zero-order valence-electron chi connectivity index (χ0n) is 16.4. The van der Waals surface area contributed by atoms with Crippen LogP contribution in [0.5, 0.6) is 11.5 Å². The average molecular weight is 402 g/mol. The Labute approximate surface area is 164 Å². The molecule has 0 N–H and O–H groups in total. The molecule has 1 aromatic rings. The molecule has 1 aliphatic rings. The molecule has 0 radical (unpaired) electrons. The zero-order valence-corrected chi connectivity index (χ0v) is 17.4. The molecule has 0 aliphatic carbocycles. The van der Waals surface area contributed by atoms with Gasteiger partial charge in [-0.05, 0) is 13.0 Å². The molecule has 9 heteroatoms. The second-order valence-corrected chi connectivity index (χ2v) is 12.0. The molecule has 0 bridgehead atoms. The summed E-state index contributed by atoms with van der Waals surface area (Å²) in [7, 11) is -0.147. The lowest BCUT2D eigenvalue weighted by Gasteiger charge is -2.23. The summed E-state index contributed by atoms with van der Waals surface area (Å²) in [5.41, 5.74) is 3.05. The van der Waals surface area contributed by atoms with Gasteiger partial charge in [0.25, 0.3) is 17.5 Å². The van der Waals surface area contributed by atoms with Gasteiger partial charge in [-0.2, -0.15) is 0 Å². The Kier molecular flexibility index (Phi) is 6.25. The minimum Gasteiger partial charge on any atom is -0.493 e. The number of benzene rings is 1. The number of nitro groups is 1. The number of hydrogen-bond acceptors (Lipinski definition) is 6. The van der Waals surface area contributed by atoms with Gasteiger partial charge in [-0.1, -0.05) is 25.6 Å². The minimum absolute atomic E-state index is 0.0691. The summed E-state index contributed by atoms with van der Waals surface area (Å²) < 4.78 is 10.9. The molecule has 8 nitrogen and oxygen atoms in total. The first-order valence-electron chi connectivity index (χ1n) is 8.59. The number of methoxy groups -OCH3 is 1. The van der Waals surface area contributed by atoms with Gasteiger partial charge in [0.1, 0.15) is 14.7 Å². The Hall–Kier alpha value is -3.12. The second-order valence-electron chi connectivity index (χ2n) is 7.22. The van der Waals surface area contributed by atoms with E-state index in [0.717, 1.165) is 17.1 Å². The van der Waals surface area contributed by atoms with Crippen LogP contribution in [0.2, 0.25) is 19.6 Å². The molecule has 2 amide bonds. The van der Waals surface area contributed by atoms with E-state index in [2.05, 4.69) is 31.1 Å². The molecule has 0 fully saturated rings. The first-order valence-corrected chi connectivity index (χ1v) is 12.1. The largest absolute Gasteiger partial charge is 0.493 e. The lowest BCUT2D eigenvalue weighted by Crippen LogP contribution is -2.33. The van der Waals surface area contributed by atoms with Crippen molar-refractivity contribution in [3.05, 3.63) is 40.0 Å². The van der Waals surface area contributed by atoms with E-state index in [1.165, 1.54) is 19.2 Å². The first kappa shape index (κ1) is 21.2. The fourth-order valence-electron chi connectivity index (χ4n) is 2.68. The molecule has 2 rings (SSSR count). The van der Waals surface area contributed by atoms with Gasteiger partial charge in [-0.15, -0.1) is 5.54 Å². The maximum Gasteiger partial charge on any atom is 0.278 e. The summed E-state index contributed by atoms with van der Waals surface area (Å²) in [4.78, 5) is 35.9. The van der Waals surface area contributed by atoms with Crippen LogP contribution in [0, 0.1) is 21.6 Å². The maximum absolute atomic E-state index is 11.9. The highest BCUT2D eigenvalue weighted by molar-refractivity contribution is 6.83. The molecule has 1 atom stereocenters. The van der Waals surface area contributed by atoms with Crippen molar-refractivity contribution in [2.24, 2.45) is 0 Å². The molecule has 0 spiro atoms. The molecule has 1 aromatic carbocycles. The van der Waals surface area contributed by atoms with Gasteiger partial charge in [0.05, 0.1) is 29.7 Å². The van der Waals surface area contributed by atoms with Crippen molar-refractivity contribution in [3.8, 4) is 23.0 Å². The number of ether oxygens (including phenoxy) is 2. The summed E-state index contributed by atoms with van der Waals surface area (Å²) in [5.74, 6) is 2.32. The molecule has 1 unspecified atom stereocenters. The molecule has 28 heavy (non-hydrogen) atoms. The Morgan fingerprint density at radius 3 is 2.29 bits per heavy atom. The fraction of sp³-hybridized carbons (Fsp3) is 0.368. The van der Waals surface area contributed by atoms with Crippen LogP contribution in [0.25, 0.3) is 0 Å². The Balaban J connectivity index is 2.39. The molecule has 1 heterocycles. The predicted molar refractivity (Wildman–Crippen MR) is 106 cm³/mol. The standard InChI is InChI=1S/C19H22N2O6Si/c1-13(20-18(22)7-8-19(20)23)14-11-16(26-2)17(12-15(14)21(24)25)27-9-6-10-28(3,4)5/h7-8,11-13H,9H2,1-5H3. The van der Waals surface area contributed by atoms with Crippen molar-refractivity contribution in [2.75, 3.05) is 13.7 Å². The average Bonchev–Trinajstić information content (AvgIpc) is 2.95. The highest BCUT2D eigenvalue weighted by Gasteiger charge is 2.34. The number of nitrogens with zero attached hydrogens (tertiary/aromatic N) is 2. The maximum atomic E-state index is 11.9. The highest BCUT2D eigenvalue weighted by Crippen LogP contribution is 2.39. The van der Waals surface area contributed by atoms with Gasteiger partial charge in [-0.25, -0.2) is 0 Å². The van der Waals surface area contributed by atoms with E-state index in [1.54, 1.807) is 6.92 Å². The highest BCUT2D eigenvalue weighted by atomic mass is 28.3. The Morgan fingerprint density at radius 1 is 1.18 bits per heavy atom. The number of imide groups is 1. The van der Waals surface area contributed by atoms with E-state index in [0.29, 0.717) is 0 Å². The number of carbonyl (C=O) groups excluding carboxylic acids is 2. The van der Waals surface area contributed by atoms with Crippen LogP contribution in [0.1, 0.15) is 18.5 Å². The van der Waals surface area contributed by atoms with Crippen molar-refractivity contribution in [3.63, 3.8) is 0 Å². The lowest BCUT2D eigenvalue weighted by atomic mass is 10.0. The SMILES string of the molecule is COc1cc(C(C)N2C(=O)C=CC2=O)c([N+](=O)[O-])cc1OCC#C[Si](C)(C)C. The topological polar surface area (TPSA) is 99.0 Å². The van der Waals surface area contributed by atoms with Gasteiger partial charge < -0.3 is 9.47 Å². The van der Waals surface area contributed by atoms with Crippen molar-refractivity contribution in [1.82, 2.24) is 4.90 Å². The van der Waals surface area contributed by atoms with Crippen LogP contribution in [0.15, 0.2) is 24.3 Å². The van der Waals surface area contributed by atoms with Crippen molar-refractivity contribution in [1.29, 1.82) is 0 Å². The van der Waals surface area contributed by atoms with E-state index in [4.69, 9.17) is 9.47 Å². The summed E-state index contributed by atoms with van der Waals surface area (Å²) in [6.07, 6.45) is 2.27. The van der Waals surface area contributed by atoms with E-state index >= 15 is 0 Å². The van der Waals surface area contributed by atoms with Gasteiger partial charge in [0, 0.05) is 12.2 Å². The quantitative estimate of drug-likeness (QED) is 0.239. The fourth-order valence-corrected chi connectivity index (χ4v) is 3.28. The van der Waals surface area contributed by atoms with Crippen molar-refractivity contribution >= 4 is 25.6 Å². The van der Waals surface area contributed by atoms with Gasteiger partial charge in [0.2, 0.25) is 0 Å². The molecule has 148 valence electrons. The normalized spacial score (nSPS) is 14.5. The third-order valence-corrected chi connectivity index (χ3v) is 4.88. The Bertz CT molecular complexity index is 889. The number of hydrogen-bond donors (Lipinski definition) is 0. The molecule has 0 saturated carbocycles. The monoisotopic (exact) mass is 402 g/mol. The van der Waals surface area contributed by atoms with Crippen molar-refractivity contribution < 1.29 is 24.0 Å². The number of carbonyl (C=O) groups is 2. The van der Waals surface area contributed by atoms with Crippen LogP contribution >= 0.6 is 0 Å². The minimum atomic E-state index is -1.55. The van der Waals surface area contributed by atoms with Gasteiger partial charge >= 0.3 is 0 Å². The summed E-state index contributed by atoms with van der Waals surface area (Å²) in [6, 6.07) is 1.81. The summed E-state index contributed by atoms with van der Waals surface area (Å²) in [5, 5.41) is 11.6. The number of amides is 2. The van der Waals surface area contributed by atoms with Crippen LogP contribution in [0.4, 0.5) is 5.69 Å². The number of rotatable bonds is 6. The Morgan fingerprint density at radius 2 is 1.79 bits per heavy atom. The van der Waals surface area contributed by atoms with E-state index in [-0.39, 0.29) is 29.4 Å². The van der Waals surface area contributed by atoms with Gasteiger partial charge in [-0.3, -0.25) is 24.6 Å². The van der Waals surface area contributed by atoms with E-state index < -0.39 is 30.9 Å². The summed E-state index contributed by atoms with van der Waals surface area (Å²) in [6.45, 7) is 7.90. The van der Waals surface area contributed by atoms with Crippen LogP contribution in [-0.4, -0.2) is 43.4 Å². The molecule has 0 saturated heterocycles. The molecule has 1 aliphatic heterocycles. The molecule has 0 aromatic heterocycles. The van der Waals surface area contributed by atoms with Crippen molar-refractivity contribution in [2.45, 2.75) is 32.6 Å². The first-order chi connectivity index (χ1) is 13.0. The predicted octanol–water partition coefficient (Wildman–Crippen LogP) is 2.85. The van der Waals surface area contributed by atoms with E-state index in [1.807, 2.05) is 0 Å². The lowest BCUT2D eigenvalue weighted by molar-refractivity contribution is -0.385. The summed E-state index contributed by atoms with van der Waals surface area (Å²) >= 11 is 0. The van der Waals surface area contributed by atoms with Crippen LogP contribution < -0.4 is 9.47 Å². The van der Waals surface area contributed by atoms with E-state index in [9.17, 15) is 19.7 Å².